The van der Waals surface area contributed by atoms with Gasteiger partial charge in [0.15, 0.2) is 0 Å². The molecule has 0 bridgehead atoms. The average Bonchev–Trinajstić information content (AvgIpc) is 3.14. The molecule has 3 rings (SSSR count). The van der Waals surface area contributed by atoms with Crippen LogP contribution in [0.3, 0.4) is 0 Å². The van der Waals surface area contributed by atoms with E-state index in [0.717, 1.165) is 31.3 Å². The summed E-state index contributed by atoms with van der Waals surface area (Å²) in [5.74, 6) is 0.832. The van der Waals surface area contributed by atoms with Gasteiger partial charge in [-0.2, -0.15) is 26.7 Å². The van der Waals surface area contributed by atoms with Crippen LogP contribution in [0.5, 0.6) is 11.8 Å². The van der Waals surface area contributed by atoms with Crippen molar-refractivity contribution in [3.05, 3.63) is 47.3 Å². The van der Waals surface area contributed by atoms with Gasteiger partial charge in [-0.05, 0) is 49.9 Å². The summed E-state index contributed by atoms with van der Waals surface area (Å²) in [6, 6.07) is 8.50. The first kappa shape index (κ1) is 23.3. The number of ether oxygens (including phenoxy) is 2. The smallest absolute Gasteiger partial charge is 0.433 e. The van der Waals surface area contributed by atoms with Crippen LogP contribution in [0.25, 0.3) is 0 Å². The van der Waals surface area contributed by atoms with E-state index < -0.39 is 11.9 Å². The van der Waals surface area contributed by atoms with E-state index in [4.69, 9.17) is 9.47 Å². The molecule has 0 aromatic carbocycles. The predicted molar refractivity (Wildman–Crippen MR) is 109 cm³/mol. The lowest BCUT2D eigenvalue weighted by Crippen LogP contribution is -2.25. The topological polar surface area (TPSA) is 47.5 Å². The minimum absolute atomic E-state index is 0. The Bertz CT molecular complexity index is 820. The van der Waals surface area contributed by atoms with Crippen LogP contribution in [-0.4, -0.2) is 42.2 Å². The quantitative estimate of drug-likeness (QED) is 0.687. The molecule has 3 heterocycles. The van der Waals surface area contributed by atoms with Crippen LogP contribution in [0.15, 0.2) is 30.3 Å². The van der Waals surface area contributed by atoms with Gasteiger partial charge in [0.25, 0.3) is 0 Å². The zero-order valence-electron chi connectivity index (χ0n) is 16.7. The maximum Gasteiger partial charge on any atom is 0.433 e. The van der Waals surface area contributed by atoms with E-state index in [1.54, 1.807) is 19.2 Å². The third-order valence-corrected chi connectivity index (χ3v) is 5.13. The van der Waals surface area contributed by atoms with Crippen molar-refractivity contribution in [2.75, 3.05) is 27.3 Å². The second-order valence-corrected chi connectivity index (χ2v) is 7.04. The highest BCUT2D eigenvalue weighted by atomic mass is 32.1. The third-order valence-electron chi connectivity index (χ3n) is 5.13. The van der Waals surface area contributed by atoms with E-state index in [1.165, 1.54) is 7.11 Å². The molecule has 1 aliphatic heterocycles. The highest BCUT2D eigenvalue weighted by Crippen LogP contribution is 2.33. The van der Waals surface area contributed by atoms with E-state index in [-0.39, 0.29) is 31.3 Å². The Balaban J connectivity index is 0.00000300. The second-order valence-electron chi connectivity index (χ2n) is 7.04. The molecular weight excluding hydrogens is 403 g/mol. The van der Waals surface area contributed by atoms with Crippen molar-refractivity contribution in [2.45, 2.75) is 32.0 Å². The van der Waals surface area contributed by atoms with Crippen LogP contribution in [0.4, 0.5) is 13.2 Å². The summed E-state index contributed by atoms with van der Waals surface area (Å²) in [7, 11) is 2.91. The van der Waals surface area contributed by atoms with Gasteiger partial charge in [-0.25, -0.2) is 9.97 Å². The first-order valence-corrected chi connectivity index (χ1v) is 9.17. The fourth-order valence-electron chi connectivity index (χ4n) is 3.61. The molecule has 1 fully saturated rings. The van der Waals surface area contributed by atoms with Crippen molar-refractivity contribution in [1.29, 1.82) is 0 Å². The summed E-state index contributed by atoms with van der Waals surface area (Å²) in [5.41, 5.74) is 0.605. The molecule has 2 aromatic rings. The molecule has 0 saturated carbocycles. The number of aromatic nitrogens is 2. The van der Waals surface area contributed by atoms with E-state index in [2.05, 4.69) is 21.8 Å². The molecule has 160 valence electrons. The SMILES string of the molecule is COc1cccc(C(C)N2CC[C@H](Cc3cc(OC)nc(C(F)(F)F)c3)C2)n1.S. The Morgan fingerprint density at radius 3 is 2.52 bits per heavy atom. The highest BCUT2D eigenvalue weighted by molar-refractivity contribution is 7.59. The molecule has 1 aliphatic rings. The summed E-state index contributed by atoms with van der Waals surface area (Å²) in [5, 5.41) is 0. The molecule has 2 atom stereocenters. The normalized spacial score (nSPS) is 18.2. The lowest BCUT2D eigenvalue weighted by atomic mass is 9.98. The Hall–Kier alpha value is -2.00. The first-order valence-electron chi connectivity index (χ1n) is 9.17. The van der Waals surface area contributed by atoms with Crippen molar-refractivity contribution < 1.29 is 22.6 Å². The van der Waals surface area contributed by atoms with E-state index >= 15 is 0 Å². The largest absolute Gasteiger partial charge is 0.481 e. The minimum Gasteiger partial charge on any atom is -0.481 e. The second kappa shape index (κ2) is 9.67. The molecule has 9 heteroatoms. The van der Waals surface area contributed by atoms with Gasteiger partial charge in [0.1, 0.15) is 5.69 Å². The zero-order chi connectivity index (χ0) is 20.3. The van der Waals surface area contributed by atoms with Crippen LogP contribution >= 0.6 is 13.5 Å². The molecule has 0 spiro atoms. The van der Waals surface area contributed by atoms with Gasteiger partial charge in [0.2, 0.25) is 11.8 Å². The van der Waals surface area contributed by atoms with Gasteiger partial charge in [-0.3, -0.25) is 4.90 Å². The molecule has 0 radical (unpaired) electrons. The van der Waals surface area contributed by atoms with Gasteiger partial charge < -0.3 is 9.47 Å². The van der Waals surface area contributed by atoms with Crippen LogP contribution in [0, 0.1) is 5.92 Å². The van der Waals surface area contributed by atoms with Crippen LogP contribution < -0.4 is 9.47 Å². The number of nitrogens with zero attached hydrogens (tertiary/aromatic N) is 3. The molecule has 2 aromatic heterocycles. The minimum atomic E-state index is -4.49. The van der Waals surface area contributed by atoms with Crippen molar-refractivity contribution >= 4 is 13.5 Å². The van der Waals surface area contributed by atoms with Gasteiger partial charge >= 0.3 is 6.18 Å². The lowest BCUT2D eigenvalue weighted by molar-refractivity contribution is -0.141. The lowest BCUT2D eigenvalue weighted by Gasteiger charge is -2.24. The van der Waals surface area contributed by atoms with E-state index in [0.29, 0.717) is 17.9 Å². The highest BCUT2D eigenvalue weighted by Gasteiger charge is 2.34. The van der Waals surface area contributed by atoms with E-state index in [1.807, 2.05) is 12.1 Å². The monoisotopic (exact) mass is 429 g/mol. The number of alkyl halides is 3. The standard InChI is InChI=1S/C20H24F3N3O2.H2S/c1-13(16-5-4-6-18(24-16)27-2)26-8-7-14(12-26)9-15-10-17(20(21,22)23)25-19(11-15)28-3;/h4-6,10-11,13-14H,7-9,12H2,1-3H3;1H2/t13?,14-;/m1./s1. The van der Waals surface area contributed by atoms with Gasteiger partial charge in [0.05, 0.1) is 19.9 Å². The molecule has 29 heavy (non-hydrogen) atoms. The van der Waals surface area contributed by atoms with Gasteiger partial charge in [-0.1, -0.05) is 6.07 Å². The average molecular weight is 430 g/mol. The van der Waals surface area contributed by atoms with Crippen molar-refractivity contribution in [1.82, 2.24) is 14.9 Å². The van der Waals surface area contributed by atoms with Crippen molar-refractivity contribution in [3.63, 3.8) is 0 Å². The molecule has 0 N–H and O–H groups in total. The molecule has 0 aliphatic carbocycles. The van der Waals surface area contributed by atoms with Gasteiger partial charge in [-0.15, -0.1) is 0 Å². The molecule has 5 nitrogen and oxygen atoms in total. The summed E-state index contributed by atoms with van der Waals surface area (Å²) in [6.07, 6.45) is -3.02. The zero-order valence-corrected chi connectivity index (χ0v) is 17.7. The molecule has 0 amide bonds. The van der Waals surface area contributed by atoms with Crippen LogP contribution in [0.1, 0.15) is 36.3 Å². The van der Waals surface area contributed by atoms with Crippen LogP contribution in [-0.2, 0) is 12.6 Å². The Kier molecular flexibility index (Phi) is 7.76. The molecule has 1 saturated heterocycles. The Morgan fingerprint density at radius 1 is 1.14 bits per heavy atom. The van der Waals surface area contributed by atoms with Crippen molar-refractivity contribution in [3.8, 4) is 11.8 Å². The van der Waals surface area contributed by atoms with Crippen molar-refractivity contribution in [2.24, 2.45) is 5.92 Å². The van der Waals surface area contributed by atoms with E-state index in [9.17, 15) is 13.2 Å². The number of hydrogen-bond donors (Lipinski definition) is 0. The Morgan fingerprint density at radius 2 is 1.86 bits per heavy atom. The fraction of sp³-hybridized carbons (Fsp3) is 0.500. The maximum atomic E-state index is 13.1. The summed E-state index contributed by atoms with van der Waals surface area (Å²) in [6.45, 7) is 3.76. The third kappa shape index (κ3) is 5.76. The van der Waals surface area contributed by atoms with Crippen LogP contribution in [0.2, 0.25) is 0 Å². The first-order chi connectivity index (χ1) is 13.3. The number of hydrogen-bond acceptors (Lipinski definition) is 5. The number of halogens is 3. The summed E-state index contributed by atoms with van der Waals surface area (Å²) in [4.78, 5) is 10.3. The number of likely N-dealkylation sites (tertiary alicyclic amines) is 1. The number of pyridine rings is 2. The Labute approximate surface area is 175 Å². The van der Waals surface area contributed by atoms with Gasteiger partial charge in [0, 0.05) is 24.7 Å². The number of rotatable bonds is 6. The predicted octanol–water partition coefficient (Wildman–Crippen LogP) is 4.25. The maximum absolute atomic E-state index is 13.1. The summed E-state index contributed by atoms with van der Waals surface area (Å²) >= 11 is 0. The molecular formula is C20H26F3N3O2S. The molecule has 1 unspecified atom stereocenters. The summed E-state index contributed by atoms with van der Waals surface area (Å²) < 4.78 is 49.4. The number of methoxy groups -OCH3 is 2. The fourth-order valence-corrected chi connectivity index (χ4v) is 3.61.